The summed E-state index contributed by atoms with van der Waals surface area (Å²) in [5.41, 5.74) is 0.158. The van der Waals surface area contributed by atoms with E-state index in [1.165, 1.54) is 37.6 Å². The first-order valence-corrected chi connectivity index (χ1v) is 8.70. The molecule has 0 spiro atoms. The fourth-order valence-electron chi connectivity index (χ4n) is 3.30. The van der Waals surface area contributed by atoms with Gasteiger partial charge in [0.15, 0.2) is 11.7 Å². The maximum Gasteiger partial charge on any atom is 0.223 e. The Kier molecular flexibility index (Phi) is 5.46. The number of carbonyl (C=O) groups is 1. The molecule has 0 N–H and O–H groups in total. The maximum absolute atomic E-state index is 13.8. The largest absolute Gasteiger partial charge is 0.441 e. The first kappa shape index (κ1) is 17.6. The molecule has 134 valence electrons. The van der Waals surface area contributed by atoms with Crippen LogP contribution in [0.3, 0.4) is 0 Å². The molecule has 1 aliphatic carbocycles. The molecular weight excluding hydrogens is 326 g/mol. The van der Waals surface area contributed by atoms with E-state index in [-0.39, 0.29) is 17.2 Å². The van der Waals surface area contributed by atoms with Crippen molar-refractivity contribution in [2.24, 2.45) is 0 Å². The normalized spacial score (nSPS) is 15.3. The summed E-state index contributed by atoms with van der Waals surface area (Å²) in [6, 6.07) is 3.62. The maximum atomic E-state index is 13.8. The van der Waals surface area contributed by atoms with Gasteiger partial charge in [-0.3, -0.25) is 4.79 Å². The van der Waals surface area contributed by atoms with Crippen LogP contribution in [0.15, 0.2) is 28.8 Å². The fraction of sp³-hybridized carbons (Fsp3) is 0.474. The first-order chi connectivity index (χ1) is 12.0. The smallest absolute Gasteiger partial charge is 0.223 e. The van der Waals surface area contributed by atoms with E-state index in [1.807, 2.05) is 11.9 Å². The molecule has 1 amide bonds. The third kappa shape index (κ3) is 4.24. The monoisotopic (exact) mass is 348 g/mol. The van der Waals surface area contributed by atoms with Crippen molar-refractivity contribution in [3.63, 3.8) is 0 Å². The molecule has 4 nitrogen and oxygen atoms in total. The van der Waals surface area contributed by atoms with E-state index in [0.717, 1.165) is 18.9 Å². The van der Waals surface area contributed by atoms with Gasteiger partial charge >= 0.3 is 0 Å². The predicted octanol–water partition coefficient (Wildman–Crippen LogP) is 4.34. The summed E-state index contributed by atoms with van der Waals surface area (Å²) in [7, 11) is 1.85. The summed E-state index contributed by atoms with van der Waals surface area (Å²) < 4.78 is 32.3. The predicted molar refractivity (Wildman–Crippen MR) is 89.8 cm³/mol. The van der Waals surface area contributed by atoms with Crippen LogP contribution in [-0.4, -0.2) is 28.9 Å². The lowest BCUT2D eigenvalue weighted by Crippen LogP contribution is -2.38. The third-order valence-corrected chi connectivity index (χ3v) is 4.82. The van der Waals surface area contributed by atoms with Gasteiger partial charge in [0.25, 0.3) is 0 Å². The topological polar surface area (TPSA) is 46.3 Å². The number of aromatic nitrogens is 1. The van der Waals surface area contributed by atoms with Crippen molar-refractivity contribution in [1.82, 2.24) is 9.88 Å². The van der Waals surface area contributed by atoms with Crippen molar-refractivity contribution < 1.29 is 18.0 Å². The summed E-state index contributed by atoms with van der Waals surface area (Å²) >= 11 is 0. The van der Waals surface area contributed by atoms with Crippen molar-refractivity contribution in [3.05, 3.63) is 41.9 Å². The SMILES string of the molecule is CN(C(=O)CCc1ncc(-c2ccc(F)cc2F)o1)C1CCCCC1. The highest BCUT2D eigenvalue weighted by Crippen LogP contribution is 2.25. The number of oxazole rings is 1. The van der Waals surface area contributed by atoms with Crippen LogP contribution in [0, 0.1) is 11.6 Å². The molecule has 1 aromatic heterocycles. The van der Waals surface area contributed by atoms with Crippen molar-refractivity contribution in [2.75, 3.05) is 7.05 Å². The van der Waals surface area contributed by atoms with Crippen molar-refractivity contribution in [3.8, 4) is 11.3 Å². The van der Waals surface area contributed by atoms with Gasteiger partial charge in [-0.15, -0.1) is 0 Å². The van der Waals surface area contributed by atoms with E-state index in [4.69, 9.17) is 4.42 Å². The Morgan fingerprint density at radius 3 is 2.76 bits per heavy atom. The minimum Gasteiger partial charge on any atom is -0.441 e. The summed E-state index contributed by atoms with van der Waals surface area (Å²) in [5, 5.41) is 0. The van der Waals surface area contributed by atoms with Gasteiger partial charge in [0, 0.05) is 32.0 Å². The van der Waals surface area contributed by atoms with Crippen LogP contribution < -0.4 is 0 Å². The Morgan fingerprint density at radius 1 is 1.28 bits per heavy atom. The summed E-state index contributed by atoms with van der Waals surface area (Å²) in [4.78, 5) is 18.3. The Balaban J connectivity index is 1.59. The van der Waals surface area contributed by atoms with E-state index in [0.29, 0.717) is 24.8 Å². The van der Waals surface area contributed by atoms with Gasteiger partial charge in [-0.1, -0.05) is 19.3 Å². The third-order valence-electron chi connectivity index (χ3n) is 4.82. The standard InChI is InChI=1S/C19H22F2N2O2/c1-23(14-5-3-2-4-6-14)19(24)10-9-18-22-12-17(25-18)15-8-7-13(20)11-16(15)21/h7-8,11-12,14H,2-6,9-10H2,1H3. The Bertz CT molecular complexity index is 739. The van der Waals surface area contributed by atoms with Gasteiger partial charge in [0.1, 0.15) is 11.6 Å². The summed E-state index contributed by atoms with van der Waals surface area (Å²) in [6.45, 7) is 0. The summed E-state index contributed by atoms with van der Waals surface area (Å²) in [5.74, 6) is -0.655. The molecule has 0 unspecified atom stereocenters. The van der Waals surface area contributed by atoms with Gasteiger partial charge in [-0.05, 0) is 25.0 Å². The van der Waals surface area contributed by atoms with E-state index in [2.05, 4.69) is 4.98 Å². The van der Waals surface area contributed by atoms with Gasteiger partial charge in [-0.25, -0.2) is 13.8 Å². The number of carbonyl (C=O) groups excluding carboxylic acids is 1. The van der Waals surface area contributed by atoms with Crippen LogP contribution in [0.2, 0.25) is 0 Å². The molecule has 0 saturated heterocycles. The highest BCUT2D eigenvalue weighted by Gasteiger charge is 2.22. The van der Waals surface area contributed by atoms with Crippen molar-refractivity contribution >= 4 is 5.91 Å². The van der Waals surface area contributed by atoms with Crippen LogP contribution in [0.1, 0.15) is 44.4 Å². The molecule has 2 aromatic rings. The molecule has 1 heterocycles. The molecule has 1 fully saturated rings. The van der Waals surface area contributed by atoms with E-state index in [9.17, 15) is 13.6 Å². The molecule has 1 aliphatic rings. The number of benzene rings is 1. The molecule has 6 heteroatoms. The van der Waals surface area contributed by atoms with Crippen molar-refractivity contribution in [2.45, 2.75) is 51.0 Å². The van der Waals surface area contributed by atoms with Gasteiger partial charge < -0.3 is 9.32 Å². The second kappa shape index (κ2) is 7.76. The summed E-state index contributed by atoms with van der Waals surface area (Å²) in [6.07, 6.45) is 7.80. The van der Waals surface area contributed by atoms with Crippen LogP contribution in [-0.2, 0) is 11.2 Å². The molecule has 0 radical (unpaired) electrons. The second-order valence-corrected chi connectivity index (χ2v) is 6.54. The fourth-order valence-corrected chi connectivity index (χ4v) is 3.30. The quantitative estimate of drug-likeness (QED) is 0.807. The zero-order chi connectivity index (χ0) is 17.8. The van der Waals surface area contributed by atoms with Gasteiger partial charge in [-0.2, -0.15) is 0 Å². The van der Waals surface area contributed by atoms with Crippen molar-refractivity contribution in [1.29, 1.82) is 0 Å². The first-order valence-electron chi connectivity index (χ1n) is 8.70. The van der Waals surface area contributed by atoms with Crippen LogP contribution in [0.5, 0.6) is 0 Å². The molecular formula is C19H22F2N2O2. The van der Waals surface area contributed by atoms with Crippen LogP contribution in [0.4, 0.5) is 8.78 Å². The van der Waals surface area contributed by atoms with E-state index >= 15 is 0 Å². The van der Waals surface area contributed by atoms with Crippen LogP contribution >= 0.6 is 0 Å². The number of aryl methyl sites for hydroxylation is 1. The second-order valence-electron chi connectivity index (χ2n) is 6.54. The lowest BCUT2D eigenvalue weighted by molar-refractivity contribution is -0.132. The number of nitrogens with zero attached hydrogens (tertiary/aromatic N) is 2. The molecule has 0 atom stereocenters. The number of hydrogen-bond acceptors (Lipinski definition) is 3. The average Bonchev–Trinajstić information content (AvgIpc) is 3.08. The molecule has 25 heavy (non-hydrogen) atoms. The minimum absolute atomic E-state index is 0.0691. The number of halogens is 2. The zero-order valence-corrected chi connectivity index (χ0v) is 14.3. The molecule has 1 aromatic carbocycles. The number of amides is 1. The highest BCUT2D eigenvalue weighted by atomic mass is 19.1. The molecule has 3 rings (SSSR count). The lowest BCUT2D eigenvalue weighted by Gasteiger charge is -2.31. The molecule has 1 saturated carbocycles. The Labute approximate surface area is 145 Å². The Morgan fingerprint density at radius 2 is 2.04 bits per heavy atom. The van der Waals surface area contributed by atoms with Gasteiger partial charge in [0.05, 0.1) is 11.8 Å². The molecule has 0 bridgehead atoms. The van der Waals surface area contributed by atoms with Crippen LogP contribution in [0.25, 0.3) is 11.3 Å². The Hall–Kier alpha value is -2.24. The lowest BCUT2D eigenvalue weighted by atomic mass is 9.94. The zero-order valence-electron chi connectivity index (χ0n) is 14.3. The van der Waals surface area contributed by atoms with Gasteiger partial charge in [0.2, 0.25) is 5.91 Å². The van der Waals surface area contributed by atoms with E-state index in [1.54, 1.807) is 0 Å². The molecule has 0 aliphatic heterocycles. The average molecular weight is 348 g/mol. The highest BCUT2D eigenvalue weighted by molar-refractivity contribution is 5.76. The van der Waals surface area contributed by atoms with E-state index < -0.39 is 11.6 Å². The number of rotatable bonds is 5. The number of hydrogen-bond donors (Lipinski definition) is 0. The minimum atomic E-state index is -0.698.